The van der Waals surface area contributed by atoms with Crippen molar-refractivity contribution in [3.63, 3.8) is 0 Å². The fourth-order valence-electron chi connectivity index (χ4n) is 5.93. The predicted molar refractivity (Wildman–Crippen MR) is 152 cm³/mol. The van der Waals surface area contributed by atoms with Crippen molar-refractivity contribution in [1.29, 1.82) is 0 Å². The summed E-state index contributed by atoms with van der Waals surface area (Å²) in [4.78, 5) is 15.4. The van der Waals surface area contributed by atoms with Crippen LogP contribution in [0, 0.1) is 18.8 Å². The first-order valence-electron chi connectivity index (χ1n) is 13.6. The monoisotopic (exact) mass is 524 g/mol. The highest BCUT2D eigenvalue weighted by atomic mass is 32.2. The van der Waals surface area contributed by atoms with Gasteiger partial charge in [-0.3, -0.25) is 0 Å². The van der Waals surface area contributed by atoms with Gasteiger partial charge in [0, 0.05) is 18.5 Å². The number of carbonyl (C=O) groups is 1. The van der Waals surface area contributed by atoms with Crippen molar-refractivity contribution in [3.8, 4) is 0 Å². The number of carbonyl (C=O) groups excluding carboxylic acids is 1. The second-order valence-electron chi connectivity index (χ2n) is 10.4. The van der Waals surface area contributed by atoms with Crippen LogP contribution in [-0.2, 0) is 34.0 Å². The maximum Gasteiger partial charge on any atom is 0.175 e. The van der Waals surface area contributed by atoms with Gasteiger partial charge in [0.25, 0.3) is 0 Å². The van der Waals surface area contributed by atoms with Gasteiger partial charge < -0.3 is 15.0 Å². The van der Waals surface area contributed by atoms with Gasteiger partial charge in [-0.25, -0.2) is 8.42 Å². The number of likely N-dealkylation sites (N-methyl/N-ethyl adjacent to an activating group) is 1. The maximum absolute atomic E-state index is 12.7. The Labute approximate surface area is 224 Å². The number of sulfone groups is 1. The zero-order valence-corrected chi connectivity index (χ0v) is 24.1. The summed E-state index contributed by atoms with van der Waals surface area (Å²) in [6.45, 7) is 8.97. The maximum atomic E-state index is 12.7. The molecule has 1 aliphatic carbocycles. The number of benzene rings is 2. The lowest BCUT2D eigenvalue weighted by atomic mass is 9.88. The van der Waals surface area contributed by atoms with Gasteiger partial charge in [0.1, 0.15) is 6.29 Å². The Bertz CT molecular complexity index is 1180. The lowest BCUT2D eigenvalue weighted by molar-refractivity contribution is -0.114. The van der Waals surface area contributed by atoms with Gasteiger partial charge in [-0.15, -0.1) is 0 Å². The van der Waals surface area contributed by atoms with Crippen molar-refractivity contribution < 1.29 is 13.2 Å². The molecule has 1 N–H and O–H groups in total. The molecule has 0 heterocycles. The lowest BCUT2D eigenvalue weighted by Gasteiger charge is -2.41. The summed E-state index contributed by atoms with van der Waals surface area (Å²) < 4.78 is 24.3. The summed E-state index contributed by atoms with van der Waals surface area (Å²) >= 11 is 0. The van der Waals surface area contributed by atoms with Crippen molar-refractivity contribution in [1.82, 2.24) is 10.2 Å². The van der Waals surface area contributed by atoms with Gasteiger partial charge in [-0.2, -0.15) is 0 Å². The first kappa shape index (κ1) is 29.1. The van der Waals surface area contributed by atoms with Crippen molar-refractivity contribution >= 4 is 16.1 Å². The SMILES string of the molecule is CC/C=C(\C(NC)C1Cc2ccccc2C1)N(Cc1ccc(S(C)(=O)=O)cc1C)C(C=O)C(CC)CC. The van der Waals surface area contributed by atoms with Crippen LogP contribution in [-0.4, -0.2) is 45.0 Å². The van der Waals surface area contributed by atoms with Gasteiger partial charge in [-0.05, 0) is 79.5 Å². The summed E-state index contributed by atoms with van der Waals surface area (Å²) in [5.74, 6) is 0.622. The van der Waals surface area contributed by atoms with Crippen LogP contribution in [0.4, 0.5) is 0 Å². The number of hydrogen-bond acceptors (Lipinski definition) is 5. The van der Waals surface area contributed by atoms with Crippen LogP contribution in [0.1, 0.15) is 62.3 Å². The molecule has 37 heavy (non-hydrogen) atoms. The minimum Gasteiger partial charge on any atom is -0.359 e. The average Bonchev–Trinajstić information content (AvgIpc) is 3.30. The Morgan fingerprint density at radius 2 is 1.70 bits per heavy atom. The van der Waals surface area contributed by atoms with Crippen molar-refractivity contribution in [2.45, 2.75) is 83.3 Å². The molecule has 0 saturated carbocycles. The standard InChI is InChI=1S/C31H44N2O3S/c1-7-12-29(31(32-5)27-18-24-13-10-11-14-25(24)19-27)33(30(21-34)23(8-2)9-3)20-26-15-16-28(17-22(26)4)37(6,35)36/h10-17,21,23,27,30-32H,7-9,18-20H2,1-6H3/b29-12+. The lowest BCUT2D eigenvalue weighted by Crippen LogP contribution is -2.48. The van der Waals surface area contributed by atoms with E-state index in [2.05, 4.69) is 61.3 Å². The molecule has 3 rings (SSSR count). The van der Waals surface area contributed by atoms with Gasteiger partial charge in [0.15, 0.2) is 9.84 Å². The molecule has 1 aliphatic rings. The van der Waals surface area contributed by atoms with Crippen LogP contribution in [0.5, 0.6) is 0 Å². The van der Waals surface area contributed by atoms with E-state index in [-0.39, 0.29) is 18.0 Å². The summed E-state index contributed by atoms with van der Waals surface area (Å²) in [6, 6.07) is 13.9. The molecule has 0 aliphatic heterocycles. The summed E-state index contributed by atoms with van der Waals surface area (Å²) in [5, 5.41) is 3.62. The Morgan fingerprint density at radius 3 is 2.16 bits per heavy atom. The van der Waals surface area contributed by atoms with E-state index in [1.54, 1.807) is 12.1 Å². The summed E-state index contributed by atoms with van der Waals surface area (Å²) in [7, 11) is -1.26. The van der Waals surface area contributed by atoms with E-state index >= 15 is 0 Å². The van der Waals surface area contributed by atoms with Crippen LogP contribution in [0.15, 0.2) is 59.1 Å². The molecule has 0 aromatic heterocycles. The minimum atomic E-state index is -3.28. The van der Waals surface area contributed by atoms with Gasteiger partial charge in [0.05, 0.1) is 17.0 Å². The summed E-state index contributed by atoms with van der Waals surface area (Å²) in [5.41, 5.74) is 5.95. The third kappa shape index (κ3) is 6.71. The van der Waals surface area contributed by atoms with Crippen LogP contribution < -0.4 is 5.32 Å². The molecule has 6 heteroatoms. The Kier molecular flexibility index (Phi) is 10.1. The fraction of sp³-hybridized carbons (Fsp3) is 0.516. The third-order valence-corrected chi connectivity index (χ3v) is 9.15. The molecule has 0 saturated heterocycles. The number of aldehydes is 1. The number of nitrogens with zero attached hydrogens (tertiary/aromatic N) is 1. The number of aryl methyl sites for hydroxylation is 1. The number of fused-ring (bicyclic) bond motifs is 1. The molecule has 0 fully saturated rings. The van der Waals surface area contributed by atoms with Gasteiger partial charge >= 0.3 is 0 Å². The zero-order chi connectivity index (χ0) is 27.2. The second kappa shape index (κ2) is 12.9. The highest BCUT2D eigenvalue weighted by Gasteiger charge is 2.35. The molecule has 0 radical (unpaired) electrons. The number of hydrogen-bond donors (Lipinski definition) is 1. The van der Waals surface area contributed by atoms with E-state index in [1.165, 1.54) is 23.1 Å². The Morgan fingerprint density at radius 1 is 1.08 bits per heavy atom. The topological polar surface area (TPSA) is 66.5 Å². The van der Waals surface area contributed by atoms with E-state index < -0.39 is 9.84 Å². The van der Waals surface area contributed by atoms with Crippen LogP contribution >= 0.6 is 0 Å². The highest BCUT2D eigenvalue weighted by Crippen LogP contribution is 2.35. The largest absolute Gasteiger partial charge is 0.359 e. The smallest absolute Gasteiger partial charge is 0.175 e. The zero-order valence-electron chi connectivity index (χ0n) is 23.3. The van der Waals surface area contributed by atoms with E-state index in [4.69, 9.17) is 0 Å². The van der Waals surface area contributed by atoms with E-state index in [0.29, 0.717) is 17.4 Å². The quantitative estimate of drug-likeness (QED) is 0.351. The molecular weight excluding hydrogens is 480 g/mol. The fourth-order valence-corrected chi connectivity index (χ4v) is 6.63. The molecule has 202 valence electrons. The normalized spacial score (nSPS) is 16.0. The predicted octanol–water partition coefficient (Wildman–Crippen LogP) is 5.50. The van der Waals surface area contributed by atoms with E-state index in [9.17, 15) is 13.2 Å². The molecule has 0 amide bonds. The van der Waals surface area contributed by atoms with Crippen LogP contribution in [0.2, 0.25) is 0 Å². The molecular formula is C31H44N2O3S. The van der Waals surface area contributed by atoms with Crippen molar-refractivity contribution in [3.05, 3.63) is 76.5 Å². The van der Waals surface area contributed by atoms with E-state index in [1.807, 2.05) is 20.0 Å². The Balaban J connectivity index is 2.06. The van der Waals surface area contributed by atoms with Crippen molar-refractivity contribution in [2.24, 2.45) is 11.8 Å². The van der Waals surface area contributed by atoms with Crippen LogP contribution in [0.3, 0.4) is 0 Å². The highest BCUT2D eigenvalue weighted by molar-refractivity contribution is 7.90. The number of rotatable bonds is 13. The van der Waals surface area contributed by atoms with Gasteiger partial charge in [0.2, 0.25) is 0 Å². The molecule has 2 aromatic rings. The molecule has 2 unspecified atom stereocenters. The molecule has 0 bridgehead atoms. The first-order chi connectivity index (χ1) is 17.7. The molecule has 0 spiro atoms. The van der Waals surface area contributed by atoms with Crippen molar-refractivity contribution in [2.75, 3.05) is 13.3 Å². The Hall–Kier alpha value is -2.44. The number of allylic oxidation sites excluding steroid dienone is 1. The van der Waals surface area contributed by atoms with Gasteiger partial charge in [-0.1, -0.05) is 70.0 Å². The number of nitrogens with one attached hydrogen (secondary N) is 1. The molecule has 2 aromatic carbocycles. The molecule has 2 atom stereocenters. The average molecular weight is 525 g/mol. The van der Waals surface area contributed by atoms with E-state index in [0.717, 1.165) is 49.5 Å². The first-order valence-corrected chi connectivity index (χ1v) is 15.5. The summed E-state index contributed by atoms with van der Waals surface area (Å²) in [6.07, 6.45) is 9.36. The minimum absolute atomic E-state index is 0.0970. The molecule has 5 nitrogen and oxygen atoms in total. The second-order valence-corrected chi connectivity index (χ2v) is 12.4. The third-order valence-electron chi connectivity index (χ3n) is 8.04. The van der Waals surface area contributed by atoms with Crippen LogP contribution in [0.25, 0.3) is 0 Å².